The van der Waals surface area contributed by atoms with Crippen molar-refractivity contribution in [3.8, 4) is 5.75 Å². The minimum absolute atomic E-state index is 0.210. The van der Waals surface area contributed by atoms with E-state index >= 15 is 0 Å². The first-order chi connectivity index (χ1) is 16.2. The molecule has 0 radical (unpaired) electrons. The topological polar surface area (TPSA) is 78.3 Å². The number of methoxy groups -OCH3 is 1. The van der Waals surface area contributed by atoms with Gasteiger partial charge in [-0.05, 0) is 35.4 Å². The summed E-state index contributed by atoms with van der Waals surface area (Å²) in [6.07, 6.45) is 1.17. The Morgan fingerprint density at radius 2 is 1.73 bits per heavy atom. The molecule has 7 heteroatoms. The number of nitrogens with zero attached hydrogens (tertiary/aromatic N) is 3. The highest BCUT2D eigenvalue weighted by molar-refractivity contribution is 5.89. The van der Waals surface area contributed by atoms with Crippen molar-refractivity contribution in [2.24, 2.45) is 0 Å². The summed E-state index contributed by atoms with van der Waals surface area (Å²) >= 11 is 0. The minimum Gasteiger partial charge on any atom is -0.480 e. The van der Waals surface area contributed by atoms with E-state index in [1.165, 1.54) is 7.11 Å². The van der Waals surface area contributed by atoms with Gasteiger partial charge in [0.25, 0.3) is 0 Å². The van der Waals surface area contributed by atoms with Crippen molar-refractivity contribution < 1.29 is 14.3 Å². The Bertz CT molecular complexity index is 1380. The van der Waals surface area contributed by atoms with Gasteiger partial charge in [-0.2, -0.15) is 10.1 Å². The monoisotopic (exact) mass is 436 g/mol. The molecule has 0 spiro atoms. The van der Waals surface area contributed by atoms with Crippen LogP contribution in [-0.4, -0.2) is 27.8 Å². The van der Waals surface area contributed by atoms with E-state index in [-0.39, 0.29) is 12.0 Å². The van der Waals surface area contributed by atoms with Crippen LogP contribution in [0.4, 0.5) is 5.95 Å². The van der Waals surface area contributed by atoms with Crippen LogP contribution in [0.15, 0.2) is 90.8 Å². The molecule has 162 valence electrons. The molecule has 0 saturated carbocycles. The SMILES string of the molecule is COC(=O)c1ccc([C@H]2Oc3ccccc3C3=C2[C@@H](c2ccccc2)n2ncnc2N3)cc1. The lowest BCUT2D eigenvalue weighted by atomic mass is 9.84. The van der Waals surface area contributed by atoms with Gasteiger partial charge >= 0.3 is 5.97 Å². The van der Waals surface area contributed by atoms with Crippen molar-refractivity contribution in [1.82, 2.24) is 14.8 Å². The zero-order valence-electron chi connectivity index (χ0n) is 17.8. The summed E-state index contributed by atoms with van der Waals surface area (Å²) in [7, 11) is 1.38. The van der Waals surface area contributed by atoms with E-state index in [2.05, 4.69) is 27.5 Å². The lowest BCUT2D eigenvalue weighted by molar-refractivity contribution is 0.0600. The van der Waals surface area contributed by atoms with Crippen LogP contribution in [0, 0.1) is 0 Å². The summed E-state index contributed by atoms with van der Waals surface area (Å²) in [5, 5.41) is 8.02. The molecule has 1 N–H and O–H groups in total. The second kappa shape index (κ2) is 7.63. The number of carbonyl (C=O) groups is 1. The molecule has 0 aliphatic carbocycles. The molecule has 2 aliphatic heterocycles. The van der Waals surface area contributed by atoms with E-state index in [1.54, 1.807) is 18.5 Å². The Labute approximate surface area is 190 Å². The van der Waals surface area contributed by atoms with Crippen molar-refractivity contribution in [1.29, 1.82) is 0 Å². The molecule has 3 aromatic carbocycles. The Balaban J connectivity index is 1.56. The highest BCUT2D eigenvalue weighted by atomic mass is 16.5. The maximum atomic E-state index is 11.9. The Hall–Kier alpha value is -4.39. The van der Waals surface area contributed by atoms with Crippen molar-refractivity contribution >= 4 is 17.6 Å². The lowest BCUT2D eigenvalue weighted by Gasteiger charge is -2.39. The van der Waals surface area contributed by atoms with Gasteiger partial charge in [0.05, 0.1) is 18.4 Å². The van der Waals surface area contributed by atoms with Gasteiger partial charge in [0.1, 0.15) is 24.2 Å². The summed E-state index contributed by atoms with van der Waals surface area (Å²) in [4.78, 5) is 16.4. The molecule has 33 heavy (non-hydrogen) atoms. The maximum absolute atomic E-state index is 11.9. The van der Waals surface area contributed by atoms with Crippen LogP contribution in [0.25, 0.3) is 5.70 Å². The third-order valence-corrected chi connectivity index (χ3v) is 6.07. The van der Waals surface area contributed by atoms with Crippen LogP contribution < -0.4 is 10.1 Å². The maximum Gasteiger partial charge on any atom is 0.337 e. The number of rotatable bonds is 3. The Morgan fingerprint density at radius 3 is 2.52 bits per heavy atom. The standard InChI is InChI=1S/C26H20N4O3/c1-32-25(31)18-13-11-17(12-14-18)24-21-22(19-9-5-6-10-20(19)33-24)29-26-27-15-28-30(26)23(21)16-7-3-2-4-8-16/h2-15,23-24H,1H3,(H,27,28,29)/t23-,24-/m1/s1. The van der Waals surface area contributed by atoms with E-state index < -0.39 is 6.10 Å². The fourth-order valence-corrected chi connectivity index (χ4v) is 4.56. The molecule has 0 saturated heterocycles. The fraction of sp³-hybridized carbons (Fsp3) is 0.115. The van der Waals surface area contributed by atoms with Crippen molar-refractivity contribution in [3.63, 3.8) is 0 Å². The normalized spacial score (nSPS) is 18.3. The molecule has 3 heterocycles. The van der Waals surface area contributed by atoms with Crippen LogP contribution in [0.1, 0.15) is 39.2 Å². The number of aromatic nitrogens is 3. The number of fused-ring (bicyclic) bond motifs is 3. The predicted octanol–water partition coefficient (Wildman–Crippen LogP) is 4.62. The molecule has 0 fully saturated rings. The average Bonchev–Trinajstić information content (AvgIpc) is 3.35. The predicted molar refractivity (Wildman–Crippen MR) is 123 cm³/mol. The van der Waals surface area contributed by atoms with Gasteiger partial charge in [-0.1, -0.05) is 54.6 Å². The number of benzene rings is 3. The average molecular weight is 436 g/mol. The number of hydrogen-bond donors (Lipinski definition) is 1. The van der Waals surface area contributed by atoms with E-state index in [0.717, 1.165) is 33.7 Å². The number of nitrogens with one attached hydrogen (secondary N) is 1. The second-order valence-corrected chi connectivity index (χ2v) is 7.90. The third-order valence-electron chi connectivity index (χ3n) is 6.07. The number of hydrogen-bond acceptors (Lipinski definition) is 6. The molecule has 0 unspecified atom stereocenters. The van der Waals surface area contributed by atoms with E-state index in [9.17, 15) is 4.79 Å². The molecular weight excluding hydrogens is 416 g/mol. The summed E-state index contributed by atoms with van der Waals surface area (Å²) in [6.45, 7) is 0. The van der Waals surface area contributed by atoms with Gasteiger partial charge in [-0.15, -0.1) is 0 Å². The molecule has 0 bridgehead atoms. The molecular formula is C26H20N4O3. The molecule has 1 aromatic heterocycles. The van der Waals surface area contributed by atoms with Gasteiger partial charge in [-0.3, -0.25) is 0 Å². The van der Waals surface area contributed by atoms with E-state index in [0.29, 0.717) is 11.5 Å². The zero-order chi connectivity index (χ0) is 22.4. The van der Waals surface area contributed by atoms with Gasteiger partial charge in [0.2, 0.25) is 5.95 Å². The largest absolute Gasteiger partial charge is 0.480 e. The Morgan fingerprint density at radius 1 is 0.970 bits per heavy atom. The van der Waals surface area contributed by atoms with Crippen LogP contribution >= 0.6 is 0 Å². The molecule has 6 rings (SSSR count). The van der Waals surface area contributed by atoms with Crippen molar-refractivity contribution in [3.05, 3.63) is 113 Å². The highest BCUT2D eigenvalue weighted by Crippen LogP contribution is 2.50. The zero-order valence-corrected chi connectivity index (χ0v) is 17.8. The smallest absolute Gasteiger partial charge is 0.337 e. The van der Waals surface area contributed by atoms with Gasteiger partial charge in [0.15, 0.2) is 0 Å². The summed E-state index contributed by atoms with van der Waals surface area (Å²) < 4.78 is 13.3. The lowest BCUT2D eigenvalue weighted by Crippen LogP contribution is -2.32. The molecule has 2 atom stereocenters. The summed E-state index contributed by atoms with van der Waals surface area (Å²) in [6, 6.07) is 25.3. The van der Waals surface area contributed by atoms with Gasteiger partial charge in [0, 0.05) is 11.1 Å². The van der Waals surface area contributed by atoms with Gasteiger partial charge < -0.3 is 14.8 Å². The summed E-state index contributed by atoms with van der Waals surface area (Å²) in [5.41, 5.74) is 5.47. The van der Waals surface area contributed by atoms with Crippen LogP contribution in [-0.2, 0) is 4.74 Å². The first kappa shape index (κ1) is 19.3. The molecule has 4 aromatic rings. The number of anilines is 1. The number of esters is 1. The van der Waals surface area contributed by atoms with Crippen LogP contribution in [0.3, 0.4) is 0 Å². The Kier molecular flexibility index (Phi) is 4.47. The number of para-hydroxylation sites is 1. The highest BCUT2D eigenvalue weighted by Gasteiger charge is 2.40. The molecule has 0 amide bonds. The van der Waals surface area contributed by atoms with Crippen LogP contribution in [0.5, 0.6) is 5.75 Å². The van der Waals surface area contributed by atoms with Crippen molar-refractivity contribution in [2.45, 2.75) is 12.1 Å². The first-order valence-electron chi connectivity index (χ1n) is 10.6. The molecule has 2 aliphatic rings. The van der Waals surface area contributed by atoms with Crippen molar-refractivity contribution in [2.75, 3.05) is 12.4 Å². The minimum atomic E-state index is -0.392. The number of carbonyl (C=O) groups excluding carboxylic acids is 1. The molecule has 7 nitrogen and oxygen atoms in total. The quantitative estimate of drug-likeness (QED) is 0.472. The first-order valence-corrected chi connectivity index (χ1v) is 10.6. The number of ether oxygens (including phenoxy) is 2. The fourth-order valence-electron chi connectivity index (χ4n) is 4.56. The van der Waals surface area contributed by atoms with E-state index in [4.69, 9.17) is 9.47 Å². The van der Waals surface area contributed by atoms with Gasteiger partial charge in [-0.25, -0.2) is 9.48 Å². The summed E-state index contributed by atoms with van der Waals surface area (Å²) in [5.74, 6) is 1.09. The third kappa shape index (κ3) is 3.09. The van der Waals surface area contributed by atoms with E-state index in [1.807, 2.05) is 59.3 Å². The second-order valence-electron chi connectivity index (χ2n) is 7.90. The van der Waals surface area contributed by atoms with Crippen LogP contribution in [0.2, 0.25) is 0 Å².